The maximum absolute atomic E-state index is 3.99. The Morgan fingerprint density at radius 3 is 2.75 bits per heavy atom. The molecule has 0 radical (unpaired) electrons. The SMILES string of the molecule is CCC(Cc1cnc[nH]1)N(C)C. The lowest BCUT2D eigenvalue weighted by molar-refractivity contribution is 0.283. The number of aromatic nitrogens is 2. The van der Waals surface area contributed by atoms with E-state index in [1.165, 1.54) is 12.1 Å². The summed E-state index contributed by atoms with van der Waals surface area (Å²) in [5.74, 6) is 0. The molecule has 1 aromatic rings. The van der Waals surface area contributed by atoms with Crippen molar-refractivity contribution in [2.75, 3.05) is 14.1 Å². The smallest absolute Gasteiger partial charge is 0.0921 e. The Morgan fingerprint density at radius 1 is 1.58 bits per heavy atom. The van der Waals surface area contributed by atoms with Crippen molar-refractivity contribution in [1.82, 2.24) is 14.9 Å². The van der Waals surface area contributed by atoms with Crippen LogP contribution in [0.3, 0.4) is 0 Å². The van der Waals surface area contributed by atoms with Crippen molar-refractivity contribution in [3.63, 3.8) is 0 Å². The highest BCUT2D eigenvalue weighted by molar-refractivity contribution is 4.97. The second kappa shape index (κ2) is 4.26. The normalized spacial score (nSPS) is 13.7. The number of likely N-dealkylation sites (N-methyl/N-ethyl adjacent to an activating group) is 1. The Hall–Kier alpha value is -0.830. The lowest BCUT2D eigenvalue weighted by Gasteiger charge is -2.21. The molecule has 0 aliphatic heterocycles. The second-order valence-corrected chi connectivity index (χ2v) is 3.31. The first-order valence-corrected chi connectivity index (χ1v) is 4.37. The summed E-state index contributed by atoms with van der Waals surface area (Å²) in [6.45, 7) is 2.21. The van der Waals surface area contributed by atoms with Gasteiger partial charge in [0.15, 0.2) is 0 Å². The first kappa shape index (κ1) is 9.26. The molecule has 0 aliphatic carbocycles. The summed E-state index contributed by atoms with van der Waals surface area (Å²) in [5, 5.41) is 0. The van der Waals surface area contributed by atoms with Crippen LogP contribution in [0.15, 0.2) is 12.5 Å². The van der Waals surface area contributed by atoms with Gasteiger partial charge < -0.3 is 9.88 Å². The molecule has 0 saturated carbocycles. The van der Waals surface area contributed by atoms with Gasteiger partial charge in [-0.1, -0.05) is 6.92 Å². The van der Waals surface area contributed by atoms with Gasteiger partial charge in [0.2, 0.25) is 0 Å². The maximum Gasteiger partial charge on any atom is 0.0921 e. The molecule has 0 amide bonds. The molecule has 0 aromatic carbocycles. The van der Waals surface area contributed by atoms with Crippen molar-refractivity contribution in [2.45, 2.75) is 25.8 Å². The van der Waals surface area contributed by atoms with Crippen molar-refractivity contribution >= 4 is 0 Å². The summed E-state index contributed by atoms with van der Waals surface area (Å²) in [4.78, 5) is 9.36. The third-order valence-corrected chi connectivity index (χ3v) is 2.21. The van der Waals surface area contributed by atoms with Gasteiger partial charge in [0.05, 0.1) is 6.33 Å². The largest absolute Gasteiger partial charge is 0.348 e. The highest BCUT2D eigenvalue weighted by Crippen LogP contribution is 2.06. The lowest BCUT2D eigenvalue weighted by Crippen LogP contribution is -2.29. The third-order valence-electron chi connectivity index (χ3n) is 2.21. The van der Waals surface area contributed by atoms with E-state index in [1.807, 2.05) is 6.20 Å². The van der Waals surface area contributed by atoms with E-state index in [2.05, 4.69) is 35.9 Å². The number of hydrogen-bond acceptors (Lipinski definition) is 2. The molecular formula is C9H17N3. The average molecular weight is 167 g/mol. The highest BCUT2D eigenvalue weighted by Gasteiger charge is 2.09. The molecule has 1 unspecified atom stereocenters. The fourth-order valence-electron chi connectivity index (χ4n) is 1.34. The van der Waals surface area contributed by atoms with E-state index in [4.69, 9.17) is 0 Å². The van der Waals surface area contributed by atoms with Gasteiger partial charge in [-0.25, -0.2) is 4.98 Å². The Balaban J connectivity index is 2.48. The van der Waals surface area contributed by atoms with Gasteiger partial charge >= 0.3 is 0 Å². The predicted octanol–water partition coefficient (Wildman–Crippen LogP) is 1.29. The second-order valence-electron chi connectivity index (χ2n) is 3.31. The zero-order chi connectivity index (χ0) is 8.97. The zero-order valence-electron chi connectivity index (χ0n) is 8.04. The minimum Gasteiger partial charge on any atom is -0.348 e. The molecule has 1 atom stereocenters. The minimum absolute atomic E-state index is 0.616. The van der Waals surface area contributed by atoms with Crippen LogP contribution in [0, 0.1) is 0 Å². The van der Waals surface area contributed by atoms with Crippen LogP contribution in [-0.4, -0.2) is 35.0 Å². The monoisotopic (exact) mass is 167 g/mol. The molecule has 12 heavy (non-hydrogen) atoms. The van der Waals surface area contributed by atoms with Gasteiger partial charge in [-0.3, -0.25) is 0 Å². The van der Waals surface area contributed by atoms with Gasteiger partial charge in [0.25, 0.3) is 0 Å². The van der Waals surface area contributed by atoms with Crippen molar-refractivity contribution in [3.8, 4) is 0 Å². The standard InChI is InChI=1S/C9H17N3/c1-4-9(12(2)3)5-8-6-10-7-11-8/h6-7,9H,4-5H2,1-3H3,(H,10,11). The number of nitrogens with zero attached hydrogens (tertiary/aromatic N) is 2. The van der Waals surface area contributed by atoms with Crippen LogP contribution < -0.4 is 0 Å². The first-order valence-electron chi connectivity index (χ1n) is 4.37. The topological polar surface area (TPSA) is 31.9 Å². The fourth-order valence-corrected chi connectivity index (χ4v) is 1.34. The summed E-state index contributed by atoms with van der Waals surface area (Å²) in [5.41, 5.74) is 1.22. The quantitative estimate of drug-likeness (QED) is 0.733. The minimum atomic E-state index is 0.616. The summed E-state index contributed by atoms with van der Waals surface area (Å²) >= 11 is 0. The highest BCUT2D eigenvalue weighted by atomic mass is 15.1. The number of hydrogen-bond donors (Lipinski definition) is 1. The first-order chi connectivity index (χ1) is 5.74. The van der Waals surface area contributed by atoms with E-state index in [1.54, 1.807) is 6.33 Å². The van der Waals surface area contributed by atoms with Crippen LogP contribution in [0.1, 0.15) is 19.0 Å². The van der Waals surface area contributed by atoms with Crippen molar-refractivity contribution < 1.29 is 0 Å². The predicted molar refractivity (Wildman–Crippen MR) is 50.1 cm³/mol. The van der Waals surface area contributed by atoms with Crippen LogP contribution >= 0.6 is 0 Å². The van der Waals surface area contributed by atoms with Gasteiger partial charge in [-0.15, -0.1) is 0 Å². The summed E-state index contributed by atoms with van der Waals surface area (Å²) in [6, 6.07) is 0.616. The van der Waals surface area contributed by atoms with Gasteiger partial charge in [0, 0.05) is 24.4 Å². The third kappa shape index (κ3) is 2.34. The van der Waals surface area contributed by atoms with Crippen LogP contribution in [0.25, 0.3) is 0 Å². The van der Waals surface area contributed by atoms with E-state index in [-0.39, 0.29) is 0 Å². The molecule has 3 nitrogen and oxygen atoms in total. The average Bonchev–Trinajstić information content (AvgIpc) is 2.51. The molecule has 1 aromatic heterocycles. The molecule has 68 valence electrons. The molecule has 1 heterocycles. The van der Waals surface area contributed by atoms with Crippen molar-refractivity contribution in [1.29, 1.82) is 0 Å². The number of rotatable bonds is 4. The zero-order valence-corrected chi connectivity index (χ0v) is 8.04. The number of H-pyrrole nitrogens is 1. The van der Waals surface area contributed by atoms with Crippen LogP contribution in [0.5, 0.6) is 0 Å². The Morgan fingerprint density at radius 2 is 2.33 bits per heavy atom. The molecule has 0 saturated heterocycles. The number of aromatic amines is 1. The van der Waals surface area contributed by atoms with E-state index < -0.39 is 0 Å². The van der Waals surface area contributed by atoms with Crippen LogP contribution in [-0.2, 0) is 6.42 Å². The molecule has 0 spiro atoms. The maximum atomic E-state index is 3.99. The van der Waals surface area contributed by atoms with E-state index in [0.717, 1.165) is 6.42 Å². The summed E-state index contributed by atoms with van der Waals surface area (Å²) in [6.07, 6.45) is 5.86. The van der Waals surface area contributed by atoms with Crippen LogP contribution in [0.2, 0.25) is 0 Å². The van der Waals surface area contributed by atoms with Crippen molar-refractivity contribution in [3.05, 3.63) is 18.2 Å². The molecule has 0 aliphatic rings. The van der Waals surface area contributed by atoms with Crippen molar-refractivity contribution in [2.24, 2.45) is 0 Å². The van der Waals surface area contributed by atoms with E-state index in [0.29, 0.717) is 6.04 Å². The summed E-state index contributed by atoms with van der Waals surface area (Å²) < 4.78 is 0. The molecule has 1 N–H and O–H groups in total. The Labute approximate surface area is 73.8 Å². The molecule has 0 fully saturated rings. The lowest BCUT2D eigenvalue weighted by atomic mass is 10.1. The summed E-state index contributed by atoms with van der Waals surface area (Å²) in [7, 11) is 4.23. The number of imidazole rings is 1. The van der Waals surface area contributed by atoms with E-state index >= 15 is 0 Å². The molecule has 0 bridgehead atoms. The molecule has 1 rings (SSSR count). The van der Waals surface area contributed by atoms with Gasteiger partial charge in [-0.2, -0.15) is 0 Å². The molecule has 3 heteroatoms. The van der Waals surface area contributed by atoms with E-state index in [9.17, 15) is 0 Å². The van der Waals surface area contributed by atoms with Crippen LogP contribution in [0.4, 0.5) is 0 Å². The fraction of sp³-hybridized carbons (Fsp3) is 0.667. The Kier molecular flexibility index (Phi) is 3.29. The Bertz CT molecular complexity index is 204. The molecular weight excluding hydrogens is 150 g/mol. The number of nitrogens with one attached hydrogen (secondary N) is 1. The van der Waals surface area contributed by atoms with Gasteiger partial charge in [0.1, 0.15) is 0 Å². The van der Waals surface area contributed by atoms with Gasteiger partial charge in [-0.05, 0) is 20.5 Å².